The van der Waals surface area contributed by atoms with Crippen LogP contribution in [0.1, 0.15) is 65.0 Å². The van der Waals surface area contributed by atoms with Gasteiger partial charge in [-0.3, -0.25) is 9.69 Å². The van der Waals surface area contributed by atoms with Gasteiger partial charge in [-0.05, 0) is 83.3 Å². The molecule has 200 valence electrons. The van der Waals surface area contributed by atoms with E-state index >= 15 is 0 Å². The van der Waals surface area contributed by atoms with Gasteiger partial charge >= 0.3 is 5.97 Å². The molecule has 4 N–H and O–H groups in total. The smallest absolute Gasteiger partial charge is 0.309 e. The van der Waals surface area contributed by atoms with Gasteiger partial charge in [0, 0.05) is 23.2 Å². The molecule has 0 unspecified atom stereocenters. The third kappa shape index (κ3) is 8.13. The van der Waals surface area contributed by atoms with Gasteiger partial charge in [0.15, 0.2) is 0 Å². The van der Waals surface area contributed by atoms with Crippen LogP contribution < -0.4 is 5.73 Å². The molecule has 4 rings (SSSR count). The van der Waals surface area contributed by atoms with Gasteiger partial charge in [-0.2, -0.15) is 4.98 Å². The van der Waals surface area contributed by atoms with Crippen molar-refractivity contribution < 1.29 is 19.5 Å². The first kappa shape index (κ1) is 28.3. The number of phenolic OH excluding ortho intramolecular Hbond substituents is 1. The van der Waals surface area contributed by atoms with Crippen LogP contribution in [0.25, 0.3) is 22.8 Å². The van der Waals surface area contributed by atoms with Crippen LogP contribution in [-0.4, -0.2) is 49.9 Å². The number of hydrogen-bond acceptors (Lipinski definition) is 7. The Labute approximate surface area is 219 Å². The van der Waals surface area contributed by atoms with E-state index in [1.807, 2.05) is 64.1 Å². The molecule has 0 atom stereocenters. The lowest BCUT2D eigenvalue weighted by molar-refractivity contribution is -0.150. The van der Waals surface area contributed by atoms with Gasteiger partial charge in [0.1, 0.15) is 5.75 Å². The zero-order valence-electron chi connectivity index (χ0n) is 22.6. The number of carbonyl (C=O) groups is 1. The molecule has 1 saturated heterocycles. The lowest BCUT2D eigenvalue weighted by atomic mass is 9.80. The summed E-state index contributed by atoms with van der Waals surface area (Å²) in [6, 6.07) is 13.5. The summed E-state index contributed by atoms with van der Waals surface area (Å²) >= 11 is 0. The maximum Gasteiger partial charge on any atom is 0.309 e. The summed E-state index contributed by atoms with van der Waals surface area (Å²) in [5.41, 5.74) is 8.36. The Morgan fingerprint density at radius 2 is 1.70 bits per heavy atom. The SMILES string of the molecule is CC(C)(C)N.CCCc1ccc(-c2nc(-c3ccc(CN4CCC(C)(C(=O)O)CC4)cc3)no2)cc1O. The number of aryl methyl sites for hydroxylation is 1. The summed E-state index contributed by atoms with van der Waals surface area (Å²) in [5, 5.41) is 23.7. The van der Waals surface area contributed by atoms with E-state index in [0.29, 0.717) is 30.1 Å². The van der Waals surface area contributed by atoms with E-state index in [0.717, 1.165) is 49.2 Å². The number of carboxylic acid groups (broad SMARTS) is 1. The standard InChI is InChI=1S/C25H29N3O4.C4H11N/c1-3-4-18-9-10-20(15-21(18)29)23-26-22(27-32-23)19-7-5-17(6-8-19)16-28-13-11-25(2,12-14-28)24(30)31;1-4(2,3)5/h5-10,15,29H,3-4,11-14,16H2,1-2H3,(H,30,31);5H2,1-3H3. The van der Waals surface area contributed by atoms with Crippen molar-refractivity contribution >= 4 is 5.97 Å². The minimum atomic E-state index is -0.701. The highest BCUT2D eigenvalue weighted by Gasteiger charge is 2.36. The number of phenols is 1. The topological polar surface area (TPSA) is 126 Å². The van der Waals surface area contributed by atoms with Crippen LogP contribution in [0.15, 0.2) is 47.0 Å². The molecule has 37 heavy (non-hydrogen) atoms. The number of hydrogen-bond donors (Lipinski definition) is 3. The molecule has 1 aromatic heterocycles. The predicted octanol–water partition coefficient (Wildman–Crippen LogP) is 5.49. The molecule has 0 amide bonds. The van der Waals surface area contributed by atoms with Gasteiger partial charge in [-0.25, -0.2) is 0 Å². The lowest BCUT2D eigenvalue weighted by Crippen LogP contribution is -2.42. The van der Waals surface area contributed by atoms with Gasteiger partial charge in [0.25, 0.3) is 5.89 Å². The molecule has 0 saturated carbocycles. The molecule has 1 aliphatic rings. The fourth-order valence-electron chi connectivity index (χ4n) is 4.07. The largest absolute Gasteiger partial charge is 0.508 e. The van der Waals surface area contributed by atoms with Crippen LogP contribution >= 0.6 is 0 Å². The van der Waals surface area contributed by atoms with Crippen LogP contribution in [0.2, 0.25) is 0 Å². The van der Waals surface area contributed by atoms with Crippen molar-refractivity contribution in [2.24, 2.45) is 11.1 Å². The van der Waals surface area contributed by atoms with Gasteiger partial charge in [-0.1, -0.05) is 48.8 Å². The Morgan fingerprint density at radius 3 is 2.24 bits per heavy atom. The van der Waals surface area contributed by atoms with Crippen molar-refractivity contribution in [2.75, 3.05) is 13.1 Å². The minimum absolute atomic E-state index is 0. The van der Waals surface area contributed by atoms with Gasteiger partial charge in [-0.15, -0.1) is 0 Å². The average Bonchev–Trinajstić information content (AvgIpc) is 3.32. The van der Waals surface area contributed by atoms with E-state index in [1.54, 1.807) is 6.07 Å². The number of carboxylic acids is 1. The second-order valence-corrected chi connectivity index (χ2v) is 11.2. The van der Waals surface area contributed by atoms with Gasteiger partial charge < -0.3 is 20.5 Å². The molecule has 2 aromatic carbocycles. The second-order valence-electron chi connectivity index (χ2n) is 11.2. The number of nitrogens with zero attached hydrogens (tertiary/aromatic N) is 3. The summed E-state index contributed by atoms with van der Waals surface area (Å²) < 4.78 is 5.42. The maximum atomic E-state index is 11.4. The van der Waals surface area contributed by atoms with Gasteiger partial charge in [0.2, 0.25) is 5.82 Å². The van der Waals surface area contributed by atoms with Crippen molar-refractivity contribution in [3.8, 4) is 28.6 Å². The second kappa shape index (κ2) is 11.9. The number of aliphatic carboxylic acids is 1. The Kier molecular flexibility index (Phi) is 9.10. The van der Waals surface area contributed by atoms with Crippen LogP contribution in [0.5, 0.6) is 5.75 Å². The Hall–Kier alpha value is -3.23. The molecule has 8 heteroatoms. The quantitative estimate of drug-likeness (QED) is 0.382. The van der Waals surface area contributed by atoms with Crippen molar-refractivity contribution in [3.63, 3.8) is 0 Å². The Morgan fingerprint density at radius 1 is 1.11 bits per heavy atom. The third-order valence-corrected chi connectivity index (χ3v) is 6.37. The van der Waals surface area contributed by atoms with E-state index in [9.17, 15) is 15.0 Å². The molecular formula is C29H40N4O4. The first-order valence-electron chi connectivity index (χ1n) is 12.9. The van der Waals surface area contributed by atoms with Crippen LogP contribution in [0.3, 0.4) is 0 Å². The van der Waals surface area contributed by atoms with Crippen LogP contribution in [0, 0.1) is 5.41 Å². The van der Waals surface area contributed by atoms with E-state index in [2.05, 4.69) is 22.0 Å². The monoisotopic (exact) mass is 508 g/mol. The summed E-state index contributed by atoms with van der Waals surface area (Å²) in [4.78, 5) is 18.2. The minimum Gasteiger partial charge on any atom is -0.508 e. The highest BCUT2D eigenvalue weighted by atomic mass is 16.5. The van der Waals surface area contributed by atoms with E-state index in [4.69, 9.17) is 10.3 Å². The molecule has 2 heterocycles. The highest BCUT2D eigenvalue weighted by molar-refractivity contribution is 5.74. The number of benzene rings is 2. The first-order chi connectivity index (χ1) is 17.4. The summed E-state index contributed by atoms with van der Waals surface area (Å²) in [6.45, 7) is 12.2. The van der Waals surface area contributed by atoms with Gasteiger partial charge in [0.05, 0.1) is 5.41 Å². The highest BCUT2D eigenvalue weighted by Crippen LogP contribution is 2.32. The number of piperidine rings is 1. The van der Waals surface area contributed by atoms with E-state index < -0.39 is 11.4 Å². The fourth-order valence-corrected chi connectivity index (χ4v) is 4.07. The normalized spacial score (nSPS) is 15.6. The maximum absolute atomic E-state index is 11.4. The number of aromatic nitrogens is 2. The van der Waals surface area contributed by atoms with Crippen molar-refractivity contribution in [1.29, 1.82) is 0 Å². The molecule has 0 radical (unpaired) electrons. The van der Waals surface area contributed by atoms with Crippen molar-refractivity contribution in [2.45, 2.75) is 72.4 Å². The zero-order chi connectivity index (χ0) is 27.2. The molecule has 0 bridgehead atoms. The third-order valence-electron chi connectivity index (χ3n) is 6.37. The summed E-state index contributed by atoms with van der Waals surface area (Å²) in [7, 11) is 0. The number of aromatic hydroxyl groups is 1. The lowest BCUT2D eigenvalue weighted by Gasteiger charge is -2.36. The molecule has 0 spiro atoms. The fraction of sp³-hybridized carbons (Fsp3) is 0.483. The Balaban J connectivity index is 0.000000695. The van der Waals surface area contributed by atoms with Crippen molar-refractivity contribution in [1.82, 2.24) is 15.0 Å². The van der Waals surface area contributed by atoms with E-state index in [-0.39, 0.29) is 11.3 Å². The predicted molar refractivity (Wildman–Crippen MR) is 145 cm³/mol. The molecular weight excluding hydrogens is 468 g/mol. The molecule has 8 nitrogen and oxygen atoms in total. The molecule has 1 aliphatic heterocycles. The summed E-state index contributed by atoms with van der Waals surface area (Å²) in [5.74, 6) is 0.416. The number of likely N-dealkylation sites (tertiary alicyclic amines) is 1. The zero-order valence-corrected chi connectivity index (χ0v) is 22.6. The van der Waals surface area contributed by atoms with Crippen molar-refractivity contribution in [3.05, 3.63) is 53.6 Å². The van der Waals surface area contributed by atoms with Crippen LogP contribution in [0.4, 0.5) is 0 Å². The number of rotatable bonds is 7. The molecule has 3 aromatic rings. The van der Waals surface area contributed by atoms with E-state index in [1.165, 1.54) is 0 Å². The molecule has 0 aliphatic carbocycles. The first-order valence-corrected chi connectivity index (χ1v) is 12.9. The average molecular weight is 509 g/mol. The number of nitrogens with two attached hydrogens (primary N) is 1. The van der Waals surface area contributed by atoms with Crippen LogP contribution in [-0.2, 0) is 17.8 Å². The molecule has 1 fully saturated rings. The summed E-state index contributed by atoms with van der Waals surface area (Å²) in [6.07, 6.45) is 3.12. The Bertz CT molecular complexity index is 1170.